The second-order valence-electron chi connectivity index (χ2n) is 7.13. The van der Waals surface area contributed by atoms with Crippen molar-refractivity contribution in [2.75, 3.05) is 0 Å². The van der Waals surface area contributed by atoms with Crippen molar-refractivity contribution in [3.8, 4) is 0 Å². The molecule has 0 amide bonds. The summed E-state index contributed by atoms with van der Waals surface area (Å²) in [5, 5.41) is 0. The van der Waals surface area contributed by atoms with E-state index < -0.39 is 5.92 Å². The molecular weight excluding hydrogens is 276 g/mol. The summed E-state index contributed by atoms with van der Waals surface area (Å²) >= 11 is 0. The van der Waals surface area contributed by atoms with Crippen molar-refractivity contribution in [1.29, 1.82) is 0 Å². The number of hydrogen-bond acceptors (Lipinski definition) is 3. The summed E-state index contributed by atoms with van der Waals surface area (Å²) < 4.78 is 5.59. The molecule has 3 nitrogen and oxygen atoms in total. The third-order valence-electron chi connectivity index (χ3n) is 4.92. The molecule has 2 aliphatic rings. The van der Waals surface area contributed by atoms with Crippen LogP contribution in [-0.4, -0.2) is 17.9 Å². The number of rotatable bonds is 4. The molecule has 0 aromatic rings. The number of ether oxygens (including phenoxy) is 1. The Hall–Kier alpha value is -1.38. The first-order chi connectivity index (χ1) is 10.4. The van der Waals surface area contributed by atoms with Crippen molar-refractivity contribution >= 4 is 11.8 Å². The summed E-state index contributed by atoms with van der Waals surface area (Å²) in [7, 11) is 0. The quantitative estimate of drug-likeness (QED) is 0.443. The molecule has 3 heteroatoms. The predicted octanol–water partition coefficient (Wildman–Crippen LogP) is 4.23. The van der Waals surface area contributed by atoms with E-state index in [1.165, 1.54) is 11.1 Å². The fraction of sp³-hybridized carbons (Fsp3) is 0.684. The molecule has 0 radical (unpaired) electrons. The SMILES string of the molecule is CC(C)=CCCC(C)C1C2CC(C)=CCCC(=O)C1C(=O)O2. The molecule has 2 bridgehead atoms. The number of fused-ring (bicyclic) bond motifs is 2. The first-order valence-corrected chi connectivity index (χ1v) is 8.42. The topological polar surface area (TPSA) is 43.4 Å². The summed E-state index contributed by atoms with van der Waals surface area (Å²) in [4.78, 5) is 24.7. The van der Waals surface area contributed by atoms with Gasteiger partial charge in [0.05, 0.1) is 0 Å². The molecule has 4 unspecified atom stereocenters. The Morgan fingerprint density at radius 3 is 2.82 bits per heavy atom. The van der Waals surface area contributed by atoms with E-state index in [1.807, 2.05) is 0 Å². The molecule has 22 heavy (non-hydrogen) atoms. The molecule has 0 aromatic heterocycles. The number of allylic oxidation sites excluding steroid dienone is 3. The smallest absolute Gasteiger partial charge is 0.317 e. The van der Waals surface area contributed by atoms with E-state index >= 15 is 0 Å². The number of carbonyl (C=O) groups excluding carboxylic acids is 2. The Kier molecular flexibility index (Phi) is 5.60. The van der Waals surface area contributed by atoms with E-state index in [-0.39, 0.29) is 23.8 Å². The lowest BCUT2D eigenvalue weighted by atomic mass is 9.75. The lowest BCUT2D eigenvalue weighted by molar-refractivity contribution is -0.146. The van der Waals surface area contributed by atoms with Crippen molar-refractivity contribution < 1.29 is 14.3 Å². The molecule has 0 spiro atoms. The summed E-state index contributed by atoms with van der Waals surface area (Å²) in [5.74, 6) is -0.411. The molecule has 1 aliphatic heterocycles. The first-order valence-electron chi connectivity index (χ1n) is 8.42. The predicted molar refractivity (Wildman–Crippen MR) is 87.3 cm³/mol. The number of Topliss-reactive ketones (excluding diaryl/α,β-unsaturated/α-hetero) is 1. The monoisotopic (exact) mass is 304 g/mol. The van der Waals surface area contributed by atoms with Crippen LogP contribution in [0.3, 0.4) is 0 Å². The number of hydrogen-bond donors (Lipinski definition) is 0. The van der Waals surface area contributed by atoms with Crippen LogP contribution in [0.5, 0.6) is 0 Å². The van der Waals surface area contributed by atoms with E-state index in [1.54, 1.807) is 0 Å². The number of carbonyl (C=O) groups is 2. The highest BCUT2D eigenvalue weighted by Gasteiger charge is 2.50. The molecule has 1 aliphatic carbocycles. The van der Waals surface area contributed by atoms with Gasteiger partial charge in [-0.15, -0.1) is 0 Å². The van der Waals surface area contributed by atoms with Crippen LogP contribution in [0.1, 0.15) is 59.8 Å². The van der Waals surface area contributed by atoms with Crippen LogP contribution < -0.4 is 0 Å². The molecule has 4 atom stereocenters. The van der Waals surface area contributed by atoms with E-state index in [2.05, 4.69) is 39.8 Å². The average molecular weight is 304 g/mol. The van der Waals surface area contributed by atoms with Crippen molar-refractivity contribution in [1.82, 2.24) is 0 Å². The van der Waals surface area contributed by atoms with Crippen molar-refractivity contribution in [3.63, 3.8) is 0 Å². The van der Waals surface area contributed by atoms with Gasteiger partial charge < -0.3 is 4.74 Å². The lowest BCUT2D eigenvalue weighted by Crippen LogP contribution is -2.32. The van der Waals surface area contributed by atoms with Crippen molar-refractivity contribution in [3.05, 3.63) is 23.3 Å². The Bertz CT molecular complexity index is 497. The minimum Gasteiger partial charge on any atom is -0.461 e. The third-order valence-corrected chi connectivity index (χ3v) is 4.92. The number of ketones is 1. The lowest BCUT2D eigenvalue weighted by Gasteiger charge is -2.26. The normalized spacial score (nSPS) is 29.8. The van der Waals surface area contributed by atoms with Crippen LogP contribution in [0.25, 0.3) is 0 Å². The van der Waals surface area contributed by atoms with Gasteiger partial charge in [-0.2, -0.15) is 0 Å². The van der Waals surface area contributed by atoms with Gasteiger partial charge in [-0.3, -0.25) is 9.59 Å². The largest absolute Gasteiger partial charge is 0.461 e. The van der Waals surface area contributed by atoms with Gasteiger partial charge in [-0.1, -0.05) is 30.2 Å². The van der Waals surface area contributed by atoms with Crippen molar-refractivity contribution in [2.45, 2.75) is 65.9 Å². The molecule has 2 rings (SSSR count). The van der Waals surface area contributed by atoms with Crippen molar-refractivity contribution in [2.24, 2.45) is 17.8 Å². The maximum atomic E-state index is 12.4. The van der Waals surface area contributed by atoms with E-state index in [0.717, 1.165) is 25.7 Å². The summed E-state index contributed by atoms with van der Waals surface area (Å²) in [5.41, 5.74) is 2.54. The molecule has 0 saturated carbocycles. The minimum atomic E-state index is -0.536. The molecule has 0 aromatic carbocycles. The Morgan fingerprint density at radius 1 is 1.41 bits per heavy atom. The van der Waals surface area contributed by atoms with Crippen LogP contribution in [0, 0.1) is 17.8 Å². The molecule has 0 N–H and O–H groups in total. The first kappa shape index (κ1) is 17.0. The zero-order chi connectivity index (χ0) is 16.3. The zero-order valence-corrected chi connectivity index (χ0v) is 14.2. The van der Waals surface area contributed by atoms with E-state index in [0.29, 0.717) is 12.3 Å². The van der Waals surface area contributed by atoms with Gasteiger partial charge in [0, 0.05) is 18.8 Å². The third kappa shape index (κ3) is 3.88. The Labute approximate surface area is 133 Å². The highest BCUT2D eigenvalue weighted by atomic mass is 16.6. The average Bonchev–Trinajstić information content (AvgIpc) is 2.75. The highest BCUT2D eigenvalue weighted by Crippen LogP contribution is 2.41. The van der Waals surface area contributed by atoms with Gasteiger partial charge in [-0.05, 0) is 46.0 Å². The molecule has 122 valence electrons. The van der Waals surface area contributed by atoms with Gasteiger partial charge >= 0.3 is 5.97 Å². The maximum Gasteiger partial charge on any atom is 0.317 e. The molecular formula is C19H28O3. The summed E-state index contributed by atoms with van der Waals surface area (Å²) in [6.07, 6.45) is 8.19. The van der Waals surface area contributed by atoms with Crippen LogP contribution in [0.4, 0.5) is 0 Å². The fourth-order valence-electron chi connectivity index (χ4n) is 3.74. The molecule has 1 fully saturated rings. The summed E-state index contributed by atoms with van der Waals surface area (Å²) in [6, 6.07) is 0. The maximum absolute atomic E-state index is 12.4. The standard InChI is InChI=1S/C19H28O3/c1-12(2)7-5-9-14(4)17-16-11-13(3)8-6-10-15(20)18(17)19(21)22-16/h7-8,14,16-18H,5-6,9-11H2,1-4H3. The van der Waals surface area contributed by atoms with Crippen LogP contribution in [0.15, 0.2) is 23.3 Å². The zero-order valence-electron chi connectivity index (χ0n) is 14.2. The van der Waals surface area contributed by atoms with E-state index in [9.17, 15) is 9.59 Å². The van der Waals surface area contributed by atoms with Gasteiger partial charge in [0.15, 0.2) is 0 Å². The number of esters is 1. The van der Waals surface area contributed by atoms with Gasteiger partial charge in [-0.25, -0.2) is 0 Å². The van der Waals surface area contributed by atoms with Gasteiger partial charge in [0.2, 0.25) is 0 Å². The van der Waals surface area contributed by atoms with Crippen LogP contribution in [-0.2, 0) is 14.3 Å². The second-order valence-corrected chi connectivity index (χ2v) is 7.13. The minimum absolute atomic E-state index is 0.0343. The fourth-order valence-corrected chi connectivity index (χ4v) is 3.74. The highest BCUT2D eigenvalue weighted by molar-refractivity contribution is 6.00. The van der Waals surface area contributed by atoms with Crippen LogP contribution in [0.2, 0.25) is 0 Å². The van der Waals surface area contributed by atoms with Crippen LogP contribution >= 0.6 is 0 Å². The van der Waals surface area contributed by atoms with Gasteiger partial charge in [0.25, 0.3) is 0 Å². The summed E-state index contributed by atoms with van der Waals surface area (Å²) in [6.45, 7) is 8.43. The molecule has 1 heterocycles. The van der Waals surface area contributed by atoms with Gasteiger partial charge in [0.1, 0.15) is 17.8 Å². The second kappa shape index (κ2) is 7.26. The Balaban J connectivity index is 2.19. The molecule has 1 saturated heterocycles. The Morgan fingerprint density at radius 2 is 2.14 bits per heavy atom. The van der Waals surface area contributed by atoms with E-state index in [4.69, 9.17) is 4.74 Å².